The fraction of sp³-hybridized carbons (Fsp3) is 0.727. The maximum Gasteiger partial charge on any atom is 0.168 e. The monoisotopic (exact) mass is 225 g/mol. The molecule has 0 N–H and O–H groups in total. The molecule has 0 spiro atoms. The maximum absolute atomic E-state index is 11.8. The maximum atomic E-state index is 11.8. The van der Waals surface area contributed by atoms with Gasteiger partial charge in [0.05, 0.1) is 6.42 Å². The van der Waals surface area contributed by atoms with Gasteiger partial charge in [0.1, 0.15) is 18.3 Å². The van der Waals surface area contributed by atoms with Crippen molar-refractivity contribution in [3.63, 3.8) is 0 Å². The molecule has 0 saturated heterocycles. The fourth-order valence-electron chi connectivity index (χ4n) is 1.47. The highest BCUT2D eigenvalue weighted by Gasteiger charge is 2.16. The third-order valence-electron chi connectivity index (χ3n) is 2.33. The molecule has 5 heteroatoms. The Hall–Kier alpha value is -1.23. The molecule has 90 valence electrons. The standard InChI is InChI=1S/C11H19N3O2/c1-4-6-14-11(12-8-13-14)7-10(15)9(3)16-5-2/h8-9H,4-7H2,1-3H3. The molecule has 1 aromatic rings. The highest BCUT2D eigenvalue weighted by molar-refractivity contribution is 5.84. The minimum Gasteiger partial charge on any atom is -0.371 e. The van der Waals surface area contributed by atoms with Crippen LogP contribution in [-0.2, 0) is 22.5 Å². The van der Waals surface area contributed by atoms with Crippen LogP contribution in [0, 0.1) is 0 Å². The van der Waals surface area contributed by atoms with E-state index in [0.717, 1.165) is 18.8 Å². The van der Waals surface area contributed by atoms with E-state index in [-0.39, 0.29) is 11.9 Å². The quantitative estimate of drug-likeness (QED) is 0.700. The molecule has 0 aliphatic rings. The summed E-state index contributed by atoms with van der Waals surface area (Å²) in [6.45, 7) is 7.06. The second-order valence-electron chi connectivity index (χ2n) is 3.64. The molecule has 0 fully saturated rings. The summed E-state index contributed by atoms with van der Waals surface area (Å²) >= 11 is 0. The van der Waals surface area contributed by atoms with E-state index >= 15 is 0 Å². The first-order chi connectivity index (χ1) is 7.69. The Morgan fingerprint density at radius 3 is 2.94 bits per heavy atom. The molecular weight excluding hydrogens is 206 g/mol. The second-order valence-corrected chi connectivity index (χ2v) is 3.64. The van der Waals surface area contributed by atoms with Crippen molar-refractivity contribution >= 4 is 5.78 Å². The minimum atomic E-state index is -0.364. The number of Topliss-reactive ketones (excluding diaryl/α,β-unsaturated/α-hetero) is 1. The molecular formula is C11H19N3O2. The number of hydrogen-bond acceptors (Lipinski definition) is 4. The van der Waals surface area contributed by atoms with Gasteiger partial charge in [0, 0.05) is 13.2 Å². The first-order valence-corrected chi connectivity index (χ1v) is 5.70. The zero-order valence-corrected chi connectivity index (χ0v) is 10.1. The Morgan fingerprint density at radius 1 is 1.56 bits per heavy atom. The van der Waals surface area contributed by atoms with Gasteiger partial charge in [-0.25, -0.2) is 9.67 Å². The summed E-state index contributed by atoms with van der Waals surface area (Å²) in [7, 11) is 0. The van der Waals surface area contributed by atoms with E-state index in [1.165, 1.54) is 6.33 Å². The van der Waals surface area contributed by atoms with Crippen molar-refractivity contribution in [2.75, 3.05) is 6.61 Å². The van der Waals surface area contributed by atoms with Gasteiger partial charge >= 0.3 is 0 Å². The molecule has 1 rings (SSSR count). The van der Waals surface area contributed by atoms with Crippen molar-refractivity contribution in [1.82, 2.24) is 14.8 Å². The topological polar surface area (TPSA) is 57.0 Å². The molecule has 0 aliphatic heterocycles. The minimum absolute atomic E-state index is 0.0483. The molecule has 16 heavy (non-hydrogen) atoms. The molecule has 0 saturated carbocycles. The van der Waals surface area contributed by atoms with Crippen molar-refractivity contribution in [1.29, 1.82) is 0 Å². The number of ether oxygens (including phenoxy) is 1. The molecule has 0 aliphatic carbocycles. The number of hydrogen-bond donors (Lipinski definition) is 0. The Bertz CT molecular complexity index is 336. The van der Waals surface area contributed by atoms with Gasteiger partial charge in [-0.3, -0.25) is 4.79 Å². The molecule has 1 atom stereocenters. The Morgan fingerprint density at radius 2 is 2.31 bits per heavy atom. The molecule has 0 amide bonds. The summed E-state index contributed by atoms with van der Waals surface area (Å²) in [5, 5.41) is 4.08. The van der Waals surface area contributed by atoms with Crippen molar-refractivity contribution < 1.29 is 9.53 Å². The predicted molar refractivity (Wildman–Crippen MR) is 60.1 cm³/mol. The Labute approximate surface area is 95.8 Å². The third-order valence-corrected chi connectivity index (χ3v) is 2.33. The average Bonchev–Trinajstić information content (AvgIpc) is 2.67. The number of aryl methyl sites for hydroxylation is 1. The first-order valence-electron chi connectivity index (χ1n) is 5.70. The first kappa shape index (κ1) is 12.8. The zero-order chi connectivity index (χ0) is 12.0. The van der Waals surface area contributed by atoms with E-state index < -0.39 is 0 Å². The van der Waals surface area contributed by atoms with Crippen molar-refractivity contribution in [2.24, 2.45) is 0 Å². The number of rotatable bonds is 7. The van der Waals surface area contributed by atoms with Crippen molar-refractivity contribution in [3.05, 3.63) is 12.2 Å². The molecule has 0 aromatic carbocycles. The molecule has 1 aromatic heterocycles. The molecule has 1 unspecified atom stereocenters. The van der Waals surface area contributed by atoms with E-state index in [4.69, 9.17) is 4.74 Å². The Kier molecular flexibility index (Phi) is 5.11. The summed E-state index contributed by atoms with van der Waals surface area (Å²) in [4.78, 5) is 15.8. The summed E-state index contributed by atoms with van der Waals surface area (Å²) < 4.78 is 7.02. The number of carbonyl (C=O) groups is 1. The van der Waals surface area contributed by atoms with Crippen LogP contribution in [0.1, 0.15) is 33.0 Å². The van der Waals surface area contributed by atoms with Gasteiger partial charge in [0.2, 0.25) is 0 Å². The molecule has 0 radical (unpaired) electrons. The average molecular weight is 225 g/mol. The van der Waals surface area contributed by atoms with Crippen molar-refractivity contribution in [3.8, 4) is 0 Å². The largest absolute Gasteiger partial charge is 0.371 e. The van der Waals surface area contributed by atoms with Crippen LogP contribution in [0.15, 0.2) is 6.33 Å². The van der Waals surface area contributed by atoms with E-state index in [1.54, 1.807) is 11.6 Å². The normalized spacial score (nSPS) is 12.7. The van der Waals surface area contributed by atoms with Gasteiger partial charge < -0.3 is 4.74 Å². The van der Waals surface area contributed by atoms with Gasteiger partial charge in [-0.1, -0.05) is 6.92 Å². The number of nitrogens with zero attached hydrogens (tertiary/aromatic N) is 3. The van der Waals surface area contributed by atoms with Crippen LogP contribution in [0.25, 0.3) is 0 Å². The predicted octanol–water partition coefficient (Wildman–Crippen LogP) is 1.22. The fourth-order valence-corrected chi connectivity index (χ4v) is 1.47. The third kappa shape index (κ3) is 3.41. The van der Waals surface area contributed by atoms with Crippen LogP contribution >= 0.6 is 0 Å². The van der Waals surface area contributed by atoms with Crippen LogP contribution in [0.2, 0.25) is 0 Å². The zero-order valence-electron chi connectivity index (χ0n) is 10.1. The molecule has 0 bridgehead atoms. The summed E-state index contributed by atoms with van der Waals surface area (Å²) in [6, 6.07) is 0. The summed E-state index contributed by atoms with van der Waals surface area (Å²) in [5.74, 6) is 0.769. The van der Waals surface area contributed by atoms with Crippen LogP contribution in [0.3, 0.4) is 0 Å². The highest BCUT2D eigenvalue weighted by atomic mass is 16.5. The lowest BCUT2D eigenvalue weighted by molar-refractivity contribution is -0.128. The van der Waals surface area contributed by atoms with Crippen LogP contribution in [0.5, 0.6) is 0 Å². The van der Waals surface area contributed by atoms with E-state index in [9.17, 15) is 4.79 Å². The van der Waals surface area contributed by atoms with Gasteiger partial charge in [-0.2, -0.15) is 5.10 Å². The number of ketones is 1. The Balaban J connectivity index is 2.58. The van der Waals surface area contributed by atoms with E-state index in [2.05, 4.69) is 17.0 Å². The van der Waals surface area contributed by atoms with E-state index in [1.807, 2.05) is 6.92 Å². The lowest BCUT2D eigenvalue weighted by atomic mass is 10.2. The SMILES string of the molecule is CCCn1ncnc1CC(=O)C(C)OCC. The van der Waals surface area contributed by atoms with Gasteiger partial charge in [-0.15, -0.1) is 0 Å². The summed E-state index contributed by atoms with van der Waals surface area (Å²) in [5.41, 5.74) is 0. The lowest BCUT2D eigenvalue weighted by Crippen LogP contribution is -2.24. The van der Waals surface area contributed by atoms with Crippen molar-refractivity contribution in [2.45, 2.75) is 46.3 Å². The second kappa shape index (κ2) is 6.37. The van der Waals surface area contributed by atoms with Crippen LogP contribution in [-0.4, -0.2) is 33.3 Å². The van der Waals surface area contributed by atoms with Crippen LogP contribution in [0.4, 0.5) is 0 Å². The number of carbonyl (C=O) groups excluding carboxylic acids is 1. The summed E-state index contributed by atoms with van der Waals surface area (Å²) in [6.07, 6.45) is 2.40. The molecule has 5 nitrogen and oxygen atoms in total. The highest BCUT2D eigenvalue weighted by Crippen LogP contribution is 2.02. The lowest BCUT2D eigenvalue weighted by Gasteiger charge is -2.10. The molecule has 1 heterocycles. The smallest absolute Gasteiger partial charge is 0.168 e. The van der Waals surface area contributed by atoms with Gasteiger partial charge in [-0.05, 0) is 20.3 Å². The van der Waals surface area contributed by atoms with Gasteiger partial charge in [0.15, 0.2) is 5.78 Å². The number of aromatic nitrogens is 3. The van der Waals surface area contributed by atoms with Gasteiger partial charge in [0.25, 0.3) is 0 Å². The van der Waals surface area contributed by atoms with E-state index in [0.29, 0.717) is 13.0 Å². The van der Waals surface area contributed by atoms with Crippen LogP contribution < -0.4 is 0 Å².